The lowest BCUT2D eigenvalue weighted by atomic mass is 10.2. The number of hydrogen-bond acceptors (Lipinski definition) is 5. The first-order valence-electron chi connectivity index (χ1n) is 7.52. The Morgan fingerprint density at radius 2 is 1.92 bits per heavy atom. The van der Waals surface area contributed by atoms with E-state index in [1.54, 1.807) is 37.4 Å². The molecule has 0 atom stereocenters. The van der Waals surface area contributed by atoms with Crippen molar-refractivity contribution < 1.29 is 18.8 Å². The number of imidazole rings is 1. The molecule has 0 aliphatic carbocycles. The average molecular weight is 353 g/mol. The van der Waals surface area contributed by atoms with Gasteiger partial charge in [0.2, 0.25) is 0 Å². The minimum absolute atomic E-state index is 0.0501. The molecule has 3 amide bonds. The van der Waals surface area contributed by atoms with Crippen molar-refractivity contribution in [1.29, 1.82) is 0 Å². The Morgan fingerprint density at radius 1 is 1.19 bits per heavy atom. The van der Waals surface area contributed by atoms with Crippen LogP contribution in [0.2, 0.25) is 0 Å². The summed E-state index contributed by atoms with van der Waals surface area (Å²) in [7, 11) is 1.54. The van der Waals surface area contributed by atoms with Gasteiger partial charge in [0.1, 0.15) is 12.0 Å². The Morgan fingerprint density at radius 3 is 2.54 bits per heavy atom. The van der Waals surface area contributed by atoms with E-state index in [4.69, 9.17) is 10.2 Å². The number of hydrogen-bond donors (Lipinski definition) is 3. The lowest BCUT2D eigenvalue weighted by Crippen LogP contribution is -2.29. The molecule has 0 bridgehead atoms. The third-order valence-electron chi connectivity index (χ3n) is 3.69. The summed E-state index contributed by atoms with van der Waals surface area (Å²) in [5.41, 5.74) is 6.61. The second-order valence-electron chi connectivity index (χ2n) is 5.37. The van der Waals surface area contributed by atoms with Gasteiger partial charge in [-0.2, -0.15) is 0 Å². The number of primary amides is 1. The van der Waals surface area contributed by atoms with Crippen LogP contribution in [0.1, 0.15) is 31.3 Å². The summed E-state index contributed by atoms with van der Waals surface area (Å²) in [4.78, 5) is 43.5. The molecule has 3 rings (SSSR count). The van der Waals surface area contributed by atoms with Gasteiger partial charge in [0.05, 0.1) is 18.2 Å². The molecule has 26 heavy (non-hydrogen) atoms. The van der Waals surface area contributed by atoms with Crippen molar-refractivity contribution in [2.75, 3.05) is 17.3 Å². The predicted molar refractivity (Wildman–Crippen MR) is 92.9 cm³/mol. The van der Waals surface area contributed by atoms with Crippen molar-refractivity contribution >= 4 is 29.1 Å². The van der Waals surface area contributed by atoms with Gasteiger partial charge in [-0.05, 0) is 30.3 Å². The van der Waals surface area contributed by atoms with E-state index < -0.39 is 11.8 Å². The molecule has 3 aromatic rings. The van der Waals surface area contributed by atoms with Gasteiger partial charge < -0.3 is 25.4 Å². The number of aromatic nitrogens is 2. The Labute approximate surface area is 147 Å². The number of anilines is 2. The van der Waals surface area contributed by atoms with Crippen molar-refractivity contribution in [2.24, 2.45) is 5.73 Å². The van der Waals surface area contributed by atoms with Gasteiger partial charge in [0.15, 0.2) is 5.69 Å². The fraction of sp³-hybridized carbons (Fsp3) is 0.0588. The van der Waals surface area contributed by atoms with Gasteiger partial charge in [0.25, 0.3) is 17.7 Å². The molecule has 0 saturated carbocycles. The minimum atomic E-state index is -0.767. The number of nitrogens with zero attached hydrogens (tertiary/aromatic N) is 2. The molecule has 132 valence electrons. The van der Waals surface area contributed by atoms with Crippen LogP contribution in [0.3, 0.4) is 0 Å². The number of nitrogens with one attached hydrogen (secondary N) is 2. The third-order valence-corrected chi connectivity index (χ3v) is 3.69. The molecule has 9 heteroatoms. The van der Waals surface area contributed by atoms with E-state index in [0.29, 0.717) is 16.9 Å². The quantitative estimate of drug-likeness (QED) is 0.641. The first-order chi connectivity index (χ1) is 12.5. The maximum absolute atomic E-state index is 12.5. The van der Waals surface area contributed by atoms with Crippen LogP contribution in [0.4, 0.5) is 11.4 Å². The molecule has 2 aromatic heterocycles. The second-order valence-corrected chi connectivity index (χ2v) is 5.37. The summed E-state index contributed by atoms with van der Waals surface area (Å²) >= 11 is 0. The first kappa shape index (κ1) is 17.0. The third kappa shape index (κ3) is 3.31. The van der Waals surface area contributed by atoms with E-state index in [1.165, 1.54) is 23.8 Å². The highest BCUT2D eigenvalue weighted by atomic mass is 16.3. The van der Waals surface area contributed by atoms with E-state index in [9.17, 15) is 14.4 Å². The van der Waals surface area contributed by atoms with E-state index >= 15 is 0 Å². The summed E-state index contributed by atoms with van der Waals surface area (Å²) in [6.45, 7) is 0. The SMILES string of the molecule is CN(C(=O)c1nc[nH]c1C(N)=O)c1ccc(NC(=O)c2ccoc2)cc1. The van der Waals surface area contributed by atoms with Gasteiger partial charge in [-0.1, -0.05) is 0 Å². The molecule has 0 radical (unpaired) electrons. The summed E-state index contributed by atoms with van der Waals surface area (Å²) in [6.07, 6.45) is 3.99. The summed E-state index contributed by atoms with van der Waals surface area (Å²) in [6, 6.07) is 8.16. The van der Waals surface area contributed by atoms with Crippen molar-refractivity contribution in [2.45, 2.75) is 0 Å². The van der Waals surface area contributed by atoms with Gasteiger partial charge in [-0.3, -0.25) is 14.4 Å². The molecule has 0 aliphatic heterocycles. The molecule has 2 heterocycles. The van der Waals surface area contributed by atoms with E-state index in [0.717, 1.165) is 0 Å². The summed E-state index contributed by atoms with van der Waals surface area (Å²) in [5.74, 6) is -1.56. The predicted octanol–water partition coefficient (Wildman–Crippen LogP) is 1.63. The maximum atomic E-state index is 12.5. The van der Waals surface area contributed by atoms with Crippen LogP contribution in [-0.4, -0.2) is 34.7 Å². The Balaban J connectivity index is 1.73. The van der Waals surface area contributed by atoms with Crippen LogP contribution >= 0.6 is 0 Å². The molecule has 0 saturated heterocycles. The van der Waals surface area contributed by atoms with Crippen LogP contribution in [-0.2, 0) is 0 Å². The number of furan rings is 1. The first-order valence-corrected chi connectivity index (χ1v) is 7.52. The fourth-order valence-corrected chi connectivity index (χ4v) is 2.29. The zero-order valence-corrected chi connectivity index (χ0v) is 13.7. The monoisotopic (exact) mass is 353 g/mol. The van der Waals surface area contributed by atoms with Gasteiger partial charge in [-0.15, -0.1) is 0 Å². The lowest BCUT2D eigenvalue weighted by Gasteiger charge is -2.17. The number of carbonyl (C=O) groups excluding carboxylic acids is 3. The Kier molecular flexibility index (Phi) is 4.52. The highest BCUT2D eigenvalue weighted by Crippen LogP contribution is 2.19. The van der Waals surface area contributed by atoms with Crippen molar-refractivity contribution in [3.63, 3.8) is 0 Å². The molecule has 0 spiro atoms. The van der Waals surface area contributed by atoms with E-state index in [-0.39, 0.29) is 17.3 Å². The molecule has 1 aromatic carbocycles. The molecule has 0 aliphatic rings. The molecule has 0 fully saturated rings. The standard InChI is InChI=1S/C17H15N5O4/c1-22(17(25)14-13(15(18)23)19-9-20-14)12-4-2-11(3-5-12)21-16(24)10-6-7-26-8-10/h2-9H,1H3,(H2,18,23)(H,19,20)(H,21,24). The van der Waals surface area contributed by atoms with Gasteiger partial charge >= 0.3 is 0 Å². The zero-order valence-electron chi connectivity index (χ0n) is 13.7. The topological polar surface area (TPSA) is 134 Å². The van der Waals surface area contributed by atoms with Crippen LogP contribution < -0.4 is 16.0 Å². The zero-order chi connectivity index (χ0) is 18.7. The van der Waals surface area contributed by atoms with Crippen LogP contribution in [0.25, 0.3) is 0 Å². The molecular weight excluding hydrogens is 338 g/mol. The highest BCUT2D eigenvalue weighted by Gasteiger charge is 2.22. The molecular formula is C17H15N5O4. The number of benzene rings is 1. The lowest BCUT2D eigenvalue weighted by molar-refractivity contribution is 0.0958. The van der Waals surface area contributed by atoms with Crippen molar-refractivity contribution in [1.82, 2.24) is 9.97 Å². The van der Waals surface area contributed by atoms with Crippen LogP contribution in [0.5, 0.6) is 0 Å². The average Bonchev–Trinajstić information content (AvgIpc) is 3.32. The highest BCUT2D eigenvalue weighted by molar-refractivity contribution is 6.10. The fourth-order valence-electron chi connectivity index (χ4n) is 2.29. The summed E-state index contributed by atoms with van der Waals surface area (Å²) < 4.78 is 4.87. The molecule has 0 unspecified atom stereocenters. The van der Waals surface area contributed by atoms with E-state index in [1.807, 2.05) is 0 Å². The van der Waals surface area contributed by atoms with Gasteiger partial charge in [0, 0.05) is 18.4 Å². The normalized spacial score (nSPS) is 10.3. The second kappa shape index (κ2) is 6.93. The minimum Gasteiger partial charge on any atom is -0.472 e. The summed E-state index contributed by atoms with van der Waals surface area (Å²) in [5, 5.41) is 2.71. The van der Waals surface area contributed by atoms with Gasteiger partial charge in [-0.25, -0.2) is 4.98 Å². The largest absolute Gasteiger partial charge is 0.472 e. The van der Waals surface area contributed by atoms with E-state index in [2.05, 4.69) is 15.3 Å². The smallest absolute Gasteiger partial charge is 0.279 e. The van der Waals surface area contributed by atoms with Crippen LogP contribution in [0, 0.1) is 0 Å². The number of aromatic amines is 1. The number of carbonyl (C=O) groups is 3. The van der Waals surface area contributed by atoms with Crippen molar-refractivity contribution in [3.05, 3.63) is 66.1 Å². The number of H-pyrrole nitrogens is 1. The van der Waals surface area contributed by atoms with Crippen LogP contribution in [0.15, 0.2) is 53.6 Å². The molecule has 4 N–H and O–H groups in total. The number of nitrogens with two attached hydrogens (primary N) is 1. The Bertz CT molecular complexity index is 944. The number of rotatable bonds is 5. The maximum Gasteiger partial charge on any atom is 0.279 e. The molecule has 9 nitrogen and oxygen atoms in total. The van der Waals surface area contributed by atoms with Crippen molar-refractivity contribution in [3.8, 4) is 0 Å². The number of amides is 3. The Hall–Kier alpha value is -3.88.